The molecular formula is C27H38O7. The van der Waals surface area contributed by atoms with E-state index in [4.69, 9.17) is 10.2 Å². The third-order valence-corrected chi connectivity index (χ3v) is 4.70. The minimum atomic E-state index is -1.40. The number of Topliss-reactive ketones (excluding diaryl/α,β-unsaturated/α-hetero) is 1. The van der Waals surface area contributed by atoms with E-state index in [-0.39, 0.29) is 0 Å². The van der Waals surface area contributed by atoms with Crippen molar-refractivity contribution in [1.29, 1.82) is 0 Å². The van der Waals surface area contributed by atoms with Gasteiger partial charge in [-0.05, 0) is 91.0 Å². The number of carbonyl (C=O) groups excluding carboxylic acids is 1. The molecular weight excluding hydrogens is 436 g/mol. The Labute approximate surface area is 202 Å². The molecule has 0 saturated heterocycles. The largest absolute Gasteiger partial charge is 0.478 e. The molecule has 34 heavy (non-hydrogen) atoms. The maximum atomic E-state index is 11.3. The van der Waals surface area contributed by atoms with Crippen LogP contribution < -0.4 is 0 Å². The Hall–Kier alpha value is -3.03. The quantitative estimate of drug-likeness (QED) is 0.329. The summed E-state index contributed by atoms with van der Waals surface area (Å²) in [5, 5.41) is 35.7. The summed E-state index contributed by atoms with van der Waals surface area (Å²) in [7, 11) is 0. The van der Waals surface area contributed by atoms with Crippen molar-refractivity contribution < 1.29 is 34.8 Å². The van der Waals surface area contributed by atoms with E-state index in [1.807, 2.05) is 19.1 Å². The van der Waals surface area contributed by atoms with Crippen LogP contribution in [0.2, 0.25) is 0 Å². The van der Waals surface area contributed by atoms with Gasteiger partial charge < -0.3 is 20.4 Å². The van der Waals surface area contributed by atoms with Crippen molar-refractivity contribution in [2.45, 2.75) is 78.9 Å². The smallest absolute Gasteiger partial charge is 0.377 e. The first-order chi connectivity index (χ1) is 15.4. The Balaban J connectivity index is 0.000000493. The third kappa shape index (κ3) is 13.5. The van der Waals surface area contributed by atoms with Gasteiger partial charge in [-0.2, -0.15) is 0 Å². The van der Waals surface area contributed by atoms with Crippen LogP contribution in [0.1, 0.15) is 84.4 Å². The van der Waals surface area contributed by atoms with E-state index in [1.165, 1.54) is 0 Å². The summed E-state index contributed by atoms with van der Waals surface area (Å²) < 4.78 is 0. The Bertz CT molecular complexity index is 912. The van der Waals surface area contributed by atoms with E-state index in [2.05, 4.69) is 0 Å². The monoisotopic (exact) mass is 474 g/mol. The van der Waals surface area contributed by atoms with Crippen molar-refractivity contribution in [2.24, 2.45) is 0 Å². The van der Waals surface area contributed by atoms with E-state index >= 15 is 0 Å². The molecule has 2 aromatic rings. The molecule has 0 aliphatic carbocycles. The molecule has 0 radical (unpaired) electrons. The van der Waals surface area contributed by atoms with Gasteiger partial charge in [-0.25, -0.2) is 9.59 Å². The first kappa shape index (κ1) is 31.0. The van der Waals surface area contributed by atoms with Crippen LogP contribution >= 0.6 is 0 Å². The number of benzene rings is 2. The molecule has 0 bridgehead atoms. The SMILES string of the molecule is CC(C)(O)CCCC(C)(C)O.Cc1cc(C)c(C(=O)C(=O)O)c(C)c1.O=C(O)c1ccccc1. The summed E-state index contributed by atoms with van der Waals surface area (Å²) in [5.41, 5.74) is 1.92. The lowest BCUT2D eigenvalue weighted by molar-refractivity contribution is -0.131. The molecule has 4 N–H and O–H groups in total. The average molecular weight is 475 g/mol. The lowest BCUT2D eigenvalue weighted by Crippen LogP contribution is -2.22. The van der Waals surface area contributed by atoms with E-state index in [9.17, 15) is 24.6 Å². The molecule has 188 valence electrons. The van der Waals surface area contributed by atoms with Crippen LogP contribution in [0.15, 0.2) is 42.5 Å². The topological polar surface area (TPSA) is 132 Å². The maximum absolute atomic E-state index is 11.3. The van der Waals surface area contributed by atoms with Gasteiger partial charge in [0.2, 0.25) is 0 Å². The lowest BCUT2D eigenvalue weighted by atomic mass is 9.95. The minimum Gasteiger partial charge on any atom is -0.478 e. The van der Waals surface area contributed by atoms with Crippen molar-refractivity contribution in [3.8, 4) is 0 Å². The lowest BCUT2D eigenvalue weighted by Gasteiger charge is -2.21. The Kier molecular flexibility index (Phi) is 12.4. The zero-order valence-electron chi connectivity index (χ0n) is 21.2. The molecule has 0 saturated carbocycles. The van der Waals surface area contributed by atoms with E-state index < -0.39 is 28.9 Å². The number of carboxylic acid groups (broad SMARTS) is 2. The van der Waals surface area contributed by atoms with Gasteiger partial charge in [0.1, 0.15) is 0 Å². The van der Waals surface area contributed by atoms with Crippen molar-refractivity contribution in [2.75, 3.05) is 0 Å². The fourth-order valence-electron chi connectivity index (χ4n) is 3.18. The Morgan fingerprint density at radius 3 is 1.47 bits per heavy atom. The molecule has 0 aliphatic heterocycles. The molecule has 0 unspecified atom stereocenters. The molecule has 0 aliphatic rings. The number of hydrogen-bond acceptors (Lipinski definition) is 5. The number of ketones is 1. The van der Waals surface area contributed by atoms with E-state index in [1.54, 1.807) is 71.9 Å². The predicted molar refractivity (Wildman–Crippen MR) is 132 cm³/mol. The standard InChI is InChI=1S/C11H12O3.C9H20O2.C7H6O2/c1-6-4-7(2)9(8(3)5-6)10(12)11(13)14;1-8(2,10)6-5-7-9(3,4)11;8-7(9)6-4-2-1-3-5-6/h4-5H,1-3H3,(H,13,14);10-11H,5-7H2,1-4H3;1-5H,(H,8,9). The van der Waals surface area contributed by atoms with Crippen LogP contribution in [0, 0.1) is 20.8 Å². The van der Waals surface area contributed by atoms with Crippen molar-refractivity contribution in [3.63, 3.8) is 0 Å². The number of aromatic carboxylic acids is 1. The molecule has 2 rings (SSSR count). The maximum Gasteiger partial charge on any atom is 0.377 e. The highest BCUT2D eigenvalue weighted by Gasteiger charge is 2.19. The zero-order valence-corrected chi connectivity index (χ0v) is 21.2. The van der Waals surface area contributed by atoms with Crippen LogP contribution in [0.5, 0.6) is 0 Å². The number of hydrogen-bond donors (Lipinski definition) is 4. The normalized spacial score (nSPS) is 10.9. The highest BCUT2D eigenvalue weighted by atomic mass is 16.4. The molecule has 0 spiro atoms. The molecule has 7 heteroatoms. The second kappa shape index (κ2) is 13.6. The van der Waals surface area contributed by atoms with Gasteiger partial charge in [0, 0.05) is 5.56 Å². The number of aliphatic hydroxyl groups is 2. The van der Waals surface area contributed by atoms with Gasteiger partial charge >= 0.3 is 11.9 Å². The average Bonchev–Trinajstić information content (AvgIpc) is 2.66. The fraction of sp³-hybridized carbons (Fsp3) is 0.444. The first-order valence-electron chi connectivity index (χ1n) is 11.0. The molecule has 7 nitrogen and oxygen atoms in total. The molecule has 0 amide bonds. The second-order valence-electron chi connectivity index (χ2n) is 9.56. The van der Waals surface area contributed by atoms with Crippen LogP contribution in [-0.2, 0) is 4.79 Å². The zero-order chi connectivity index (χ0) is 26.7. The Morgan fingerprint density at radius 1 is 0.765 bits per heavy atom. The van der Waals surface area contributed by atoms with Gasteiger partial charge in [0.15, 0.2) is 0 Å². The molecule has 0 fully saturated rings. The van der Waals surface area contributed by atoms with Gasteiger partial charge in [0.25, 0.3) is 5.78 Å². The minimum absolute atomic E-state index is 0.308. The first-order valence-corrected chi connectivity index (χ1v) is 11.0. The number of carboxylic acids is 2. The van der Waals surface area contributed by atoms with Gasteiger partial charge in [-0.3, -0.25) is 4.79 Å². The van der Waals surface area contributed by atoms with Crippen LogP contribution in [0.4, 0.5) is 0 Å². The third-order valence-electron chi connectivity index (χ3n) is 4.70. The number of aliphatic carboxylic acids is 1. The van der Waals surface area contributed by atoms with Crippen LogP contribution in [0.25, 0.3) is 0 Å². The van der Waals surface area contributed by atoms with E-state index in [0.717, 1.165) is 36.0 Å². The van der Waals surface area contributed by atoms with Gasteiger partial charge in [-0.15, -0.1) is 0 Å². The van der Waals surface area contributed by atoms with Crippen LogP contribution in [0.3, 0.4) is 0 Å². The molecule has 0 heterocycles. The molecule has 2 aromatic carbocycles. The Morgan fingerprint density at radius 2 is 1.18 bits per heavy atom. The summed E-state index contributed by atoms with van der Waals surface area (Å²) in [6.45, 7) is 12.6. The predicted octanol–water partition coefficient (Wildman–Crippen LogP) is 4.96. The van der Waals surface area contributed by atoms with Crippen molar-refractivity contribution >= 4 is 17.7 Å². The number of rotatable bonds is 7. The summed E-state index contributed by atoms with van der Waals surface area (Å²) in [6.07, 6.45) is 2.36. The summed E-state index contributed by atoms with van der Waals surface area (Å²) >= 11 is 0. The second-order valence-corrected chi connectivity index (χ2v) is 9.56. The van der Waals surface area contributed by atoms with E-state index in [0.29, 0.717) is 11.1 Å². The highest BCUT2D eigenvalue weighted by Crippen LogP contribution is 2.18. The number of aryl methyl sites for hydroxylation is 3. The van der Waals surface area contributed by atoms with Crippen molar-refractivity contribution in [3.05, 3.63) is 70.3 Å². The summed E-state index contributed by atoms with van der Waals surface area (Å²) in [5.74, 6) is -3.12. The molecule has 0 atom stereocenters. The molecule has 0 aromatic heterocycles. The van der Waals surface area contributed by atoms with Crippen LogP contribution in [-0.4, -0.2) is 49.4 Å². The number of carbonyl (C=O) groups is 3. The van der Waals surface area contributed by atoms with Crippen molar-refractivity contribution in [1.82, 2.24) is 0 Å². The summed E-state index contributed by atoms with van der Waals surface area (Å²) in [6, 6.07) is 11.9. The van der Waals surface area contributed by atoms with Gasteiger partial charge in [0.05, 0.1) is 16.8 Å². The highest BCUT2D eigenvalue weighted by molar-refractivity contribution is 6.40. The van der Waals surface area contributed by atoms with Gasteiger partial charge in [-0.1, -0.05) is 35.9 Å². The fourth-order valence-corrected chi connectivity index (χ4v) is 3.18. The summed E-state index contributed by atoms with van der Waals surface area (Å²) in [4.78, 5) is 32.0.